The van der Waals surface area contributed by atoms with Crippen LogP contribution in [-0.2, 0) is 22.2 Å². The second-order valence-corrected chi connectivity index (χ2v) is 17.3. The lowest BCUT2D eigenvalue weighted by Gasteiger charge is -2.36. The van der Waals surface area contributed by atoms with E-state index in [0.29, 0.717) is 12.5 Å². The maximum Gasteiger partial charge on any atom is 0.410 e. The molecule has 1 fully saturated rings. The summed E-state index contributed by atoms with van der Waals surface area (Å²) in [4.78, 5) is 14.2. The molecule has 0 radical (unpaired) electrons. The molecule has 7 heteroatoms. The number of nitrogens with zero attached hydrogens (tertiary/aromatic N) is 2. The molecular formula is C29H44N2O4Si. The normalized spacial score (nSPS) is 15.6. The van der Waals surface area contributed by atoms with Crippen molar-refractivity contribution in [1.29, 1.82) is 0 Å². The summed E-state index contributed by atoms with van der Waals surface area (Å²) in [5, 5.41) is 5.65. The lowest BCUT2D eigenvalue weighted by molar-refractivity contribution is 0.0181. The number of amides is 1. The largest absolute Gasteiger partial charge is 0.444 e. The Morgan fingerprint density at radius 2 is 1.83 bits per heavy atom. The minimum atomic E-state index is -1.93. The molecule has 0 bridgehead atoms. The zero-order chi connectivity index (χ0) is 26.7. The van der Waals surface area contributed by atoms with Crippen LogP contribution < -0.4 is 0 Å². The van der Waals surface area contributed by atoms with E-state index in [1.807, 2.05) is 32.6 Å². The summed E-state index contributed by atoms with van der Waals surface area (Å²) >= 11 is 0. The number of likely N-dealkylation sites (tertiary alicyclic amines) is 1. The second kappa shape index (κ2) is 11.0. The predicted molar refractivity (Wildman–Crippen MR) is 147 cm³/mol. The number of hydrogen-bond donors (Lipinski definition) is 0. The molecule has 6 nitrogen and oxygen atoms in total. The maximum absolute atomic E-state index is 12.4. The van der Waals surface area contributed by atoms with Gasteiger partial charge in [0.1, 0.15) is 5.60 Å². The molecule has 198 valence electrons. The molecule has 3 rings (SSSR count). The molecule has 0 N–H and O–H groups in total. The summed E-state index contributed by atoms with van der Waals surface area (Å²) in [6, 6.07) is 4.16. The Balaban J connectivity index is 1.68. The number of ether oxygens (including phenoxy) is 1. The van der Waals surface area contributed by atoms with E-state index in [9.17, 15) is 4.79 Å². The third-order valence-corrected chi connectivity index (χ3v) is 12.0. The van der Waals surface area contributed by atoms with Crippen molar-refractivity contribution in [3.63, 3.8) is 0 Å². The summed E-state index contributed by atoms with van der Waals surface area (Å²) in [6.07, 6.45) is 3.64. The van der Waals surface area contributed by atoms with Crippen molar-refractivity contribution in [2.45, 2.75) is 104 Å². The zero-order valence-corrected chi connectivity index (χ0v) is 24.7. The topological polar surface area (TPSA) is 64.8 Å². The number of carbonyl (C=O) groups excluding carboxylic acids is 1. The van der Waals surface area contributed by atoms with Gasteiger partial charge < -0.3 is 18.6 Å². The first-order valence-electron chi connectivity index (χ1n) is 13.2. The third-order valence-electron chi connectivity index (χ3n) is 7.52. The van der Waals surface area contributed by atoms with Crippen LogP contribution >= 0.6 is 0 Å². The molecular weight excluding hydrogens is 468 g/mol. The van der Waals surface area contributed by atoms with Crippen LogP contribution in [-0.4, -0.2) is 43.2 Å². The highest BCUT2D eigenvalue weighted by Crippen LogP contribution is 2.38. The average Bonchev–Trinajstić information content (AvgIpc) is 3.18. The fraction of sp³-hybridized carbons (Fsp3) is 0.655. The summed E-state index contributed by atoms with van der Waals surface area (Å²) in [5.74, 6) is 6.80. The fourth-order valence-electron chi connectivity index (χ4n) is 4.23. The minimum absolute atomic E-state index is 0.128. The Morgan fingerprint density at radius 3 is 2.42 bits per heavy atom. The van der Waals surface area contributed by atoms with Gasteiger partial charge in [0.25, 0.3) is 0 Å². The molecule has 0 saturated carbocycles. The Hall–Kier alpha value is -2.30. The highest BCUT2D eigenvalue weighted by atomic mass is 28.4. The summed E-state index contributed by atoms with van der Waals surface area (Å²) in [7, 11) is -1.93. The molecule has 0 aliphatic carbocycles. The van der Waals surface area contributed by atoms with E-state index in [4.69, 9.17) is 13.7 Å². The SMILES string of the molecule is CC#Cc1ccc2c(CCC3CCN(C(=O)OC(C)(C)C)CC3)noc2c1CO[Si](C)(C)C(C)(C)C. The van der Waals surface area contributed by atoms with Crippen LogP contribution in [0.4, 0.5) is 4.79 Å². The molecule has 1 aromatic carbocycles. The first-order chi connectivity index (χ1) is 16.7. The minimum Gasteiger partial charge on any atom is -0.444 e. The van der Waals surface area contributed by atoms with Crippen LogP contribution in [0.2, 0.25) is 18.1 Å². The number of piperidine rings is 1. The van der Waals surface area contributed by atoms with E-state index in [1.54, 1.807) is 0 Å². The van der Waals surface area contributed by atoms with Gasteiger partial charge in [-0.3, -0.25) is 0 Å². The van der Waals surface area contributed by atoms with Gasteiger partial charge in [-0.05, 0) is 89.6 Å². The first kappa shape index (κ1) is 28.3. The van der Waals surface area contributed by atoms with E-state index in [-0.39, 0.29) is 11.1 Å². The van der Waals surface area contributed by atoms with Gasteiger partial charge in [-0.2, -0.15) is 0 Å². The molecule has 1 aliphatic heterocycles. The van der Waals surface area contributed by atoms with Gasteiger partial charge in [0.05, 0.1) is 12.3 Å². The number of fused-ring (bicyclic) bond motifs is 1. The molecule has 1 saturated heterocycles. The fourth-order valence-corrected chi connectivity index (χ4v) is 5.16. The smallest absolute Gasteiger partial charge is 0.410 e. The van der Waals surface area contributed by atoms with E-state index in [0.717, 1.165) is 66.6 Å². The Morgan fingerprint density at radius 1 is 1.17 bits per heavy atom. The Bertz CT molecular complexity index is 1120. The molecule has 1 amide bonds. The number of hydrogen-bond acceptors (Lipinski definition) is 5. The quantitative estimate of drug-likeness (QED) is 0.300. The van der Waals surface area contributed by atoms with Crippen LogP contribution in [0, 0.1) is 17.8 Å². The maximum atomic E-state index is 12.4. The van der Waals surface area contributed by atoms with E-state index in [2.05, 4.69) is 63.0 Å². The van der Waals surface area contributed by atoms with Crippen LogP contribution in [0.15, 0.2) is 16.7 Å². The Kier molecular flexibility index (Phi) is 8.62. The zero-order valence-electron chi connectivity index (χ0n) is 23.7. The number of carbonyl (C=O) groups is 1. The van der Waals surface area contributed by atoms with Crippen molar-refractivity contribution >= 4 is 25.4 Å². The predicted octanol–water partition coefficient (Wildman–Crippen LogP) is 7.30. The van der Waals surface area contributed by atoms with Crippen LogP contribution in [0.5, 0.6) is 0 Å². The van der Waals surface area contributed by atoms with Gasteiger partial charge in [-0.1, -0.05) is 31.8 Å². The molecule has 0 atom stereocenters. The number of aryl methyl sites for hydroxylation is 1. The van der Waals surface area contributed by atoms with E-state index >= 15 is 0 Å². The van der Waals surface area contributed by atoms with E-state index < -0.39 is 13.9 Å². The van der Waals surface area contributed by atoms with Crippen molar-refractivity contribution in [2.75, 3.05) is 13.1 Å². The summed E-state index contributed by atoms with van der Waals surface area (Å²) in [5.41, 5.74) is 3.27. The van der Waals surface area contributed by atoms with Gasteiger partial charge in [-0.25, -0.2) is 4.79 Å². The molecule has 36 heavy (non-hydrogen) atoms. The van der Waals surface area contributed by atoms with Gasteiger partial charge >= 0.3 is 6.09 Å². The molecule has 1 aromatic heterocycles. The van der Waals surface area contributed by atoms with E-state index in [1.165, 1.54) is 0 Å². The second-order valence-electron chi connectivity index (χ2n) is 12.5. The van der Waals surface area contributed by atoms with Crippen molar-refractivity contribution in [1.82, 2.24) is 10.1 Å². The lowest BCUT2D eigenvalue weighted by Crippen LogP contribution is -2.41. The molecule has 1 aliphatic rings. The van der Waals surface area contributed by atoms with Crippen molar-refractivity contribution < 1.29 is 18.5 Å². The number of aromatic nitrogens is 1. The number of benzene rings is 1. The van der Waals surface area contributed by atoms with Crippen molar-refractivity contribution in [3.8, 4) is 11.8 Å². The van der Waals surface area contributed by atoms with Crippen LogP contribution in [0.25, 0.3) is 11.0 Å². The third kappa shape index (κ3) is 6.92. The lowest BCUT2D eigenvalue weighted by atomic mass is 9.91. The Labute approximate surface area is 218 Å². The summed E-state index contributed by atoms with van der Waals surface area (Å²) < 4.78 is 18.0. The average molecular weight is 513 g/mol. The number of rotatable bonds is 6. The molecule has 0 unspecified atom stereocenters. The van der Waals surface area contributed by atoms with Crippen molar-refractivity contribution in [2.24, 2.45) is 5.92 Å². The van der Waals surface area contributed by atoms with Crippen LogP contribution in [0.3, 0.4) is 0 Å². The molecule has 2 heterocycles. The summed E-state index contributed by atoms with van der Waals surface area (Å²) in [6.45, 7) is 20.8. The molecule has 0 spiro atoms. The monoisotopic (exact) mass is 512 g/mol. The highest BCUT2D eigenvalue weighted by molar-refractivity contribution is 6.74. The van der Waals surface area contributed by atoms with Gasteiger partial charge in [0.15, 0.2) is 13.9 Å². The molecule has 2 aromatic rings. The van der Waals surface area contributed by atoms with Gasteiger partial charge in [0, 0.05) is 29.6 Å². The van der Waals surface area contributed by atoms with Gasteiger partial charge in [-0.15, -0.1) is 5.92 Å². The standard InChI is InChI=1S/C29H44N2O4Si/c1-10-11-22-13-14-23-25(30-35-26(23)24(22)20-33-36(8,9)29(5,6)7)15-12-21-16-18-31(19-17-21)27(32)34-28(2,3)4/h13-14,21H,12,15-20H2,1-9H3. The van der Waals surface area contributed by atoms with Crippen LogP contribution in [0.1, 0.15) is 84.5 Å². The van der Waals surface area contributed by atoms with Crippen molar-refractivity contribution in [3.05, 3.63) is 29.0 Å². The highest BCUT2D eigenvalue weighted by Gasteiger charge is 2.37. The van der Waals surface area contributed by atoms with Gasteiger partial charge in [0.2, 0.25) is 0 Å². The first-order valence-corrected chi connectivity index (χ1v) is 16.1.